The van der Waals surface area contributed by atoms with Crippen molar-refractivity contribution in [3.05, 3.63) is 11.6 Å². The van der Waals surface area contributed by atoms with Gasteiger partial charge in [0.05, 0.1) is 19.4 Å². The van der Waals surface area contributed by atoms with E-state index in [4.69, 9.17) is 14.6 Å². The Bertz CT molecular complexity index is 863. The van der Waals surface area contributed by atoms with Crippen LogP contribution in [0.5, 0.6) is 0 Å². The van der Waals surface area contributed by atoms with Crippen molar-refractivity contribution in [1.29, 1.82) is 0 Å². The van der Waals surface area contributed by atoms with Crippen molar-refractivity contribution < 1.29 is 24.2 Å². The van der Waals surface area contributed by atoms with E-state index in [-0.39, 0.29) is 43.5 Å². The number of hydrogen-bond acceptors (Lipinski definition) is 5. The van der Waals surface area contributed by atoms with Crippen LogP contribution in [0.4, 0.5) is 0 Å². The molecule has 0 aliphatic heterocycles. The average molecular weight is 531 g/mol. The van der Waals surface area contributed by atoms with Gasteiger partial charge in [0.15, 0.2) is 0 Å². The predicted molar refractivity (Wildman–Crippen MR) is 150 cm³/mol. The number of aliphatic hydroxyl groups excluding tert-OH is 1. The molecule has 0 spiro atoms. The molecule has 38 heavy (non-hydrogen) atoms. The summed E-state index contributed by atoms with van der Waals surface area (Å²) in [5.41, 5.74) is 2.26. The van der Waals surface area contributed by atoms with E-state index in [0.717, 1.165) is 54.8 Å². The standard InChI is InChI=1S/C33H54O5/c1-22(2)7-6-8-23(3)27-11-12-28-26-10-9-24-21-25(38-31(36)14-13-30(35)37-20-19-34)15-17-32(24,4)29(26)16-18-33(27,28)5/h9,22-23,25-29,34H,6-8,10-21H2,1-5H3. The Morgan fingerprint density at radius 3 is 2.50 bits per heavy atom. The van der Waals surface area contributed by atoms with Gasteiger partial charge in [0.2, 0.25) is 0 Å². The molecule has 8 atom stereocenters. The summed E-state index contributed by atoms with van der Waals surface area (Å²) in [5.74, 6) is 4.18. The van der Waals surface area contributed by atoms with E-state index in [2.05, 4.69) is 40.7 Å². The molecule has 0 heterocycles. The van der Waals surface area contributed by atoms with E-state index in [0.29, 0.717) is 5.41 Å². The molecule has 0 bridgehead atoms. The summed E-state index contributed by atoms with van der Waals surface area (Å²) in [5, 5.41) is 8.76. The van der Waals surface area contributed by atoms with Crippen molar-refractivity contribution in [3.8, 4) is 0 Å². The molecule has 4 rings (SSSR count). The minimum atomic E-state index is -0.461. The van der Waals surface area contributed by atoms with Crippen LogP contribution in [0, 0.1) is 46.3 Å². The third kappa shape index (κ3) is 6.18. The molecular weight excluding hydrogens is 476 g/mol. The SMILES string of the molecule is CC(C)CCCC(C)C1CCC2C3CC=C4CC(OC(=O)CCC(=O)OCCO)CCC4(C)C3CCC12C. The fraction of sp³-hybridized carbons (Fsp3) is 0.879. The van der Waals surface area contributed by atoms with E-state index in [1.165, 1.54) is 56.9 Å². The molecule has 0 saturated heterocycles. The van der Waals surface area contributed by atoms with Gasteiger partial charge in [-0.25, -0.2) is 0 Å². The fourth-order valence-corrected chi connectivity index (χ4v) is 9.43. The molecule has 3 fully saturated rings. The van der Waals surface area contributed by atoms with Gasteiger partial charge in [-0.1, -0.05) is 65.5 Å². The molecule has 4 aliphatic rings. The van der Waals surface area contributed by atoms with Crippen molar-refractivity contribution in [2.75, 3.05) is 13.2 Å². The zero-order valence-corrected chi connectivity index (χ0v) is 24.8. The third-order valence-electron chi connectivity index (χ3n) is 11.4. The number of ether oxygens (including phenoxy) is 2. The van der Waals surface area contributed by atoms with Crippen molar-refractivity contribution >= 4 is 11.9 Å². The van der Waals surface area contributed by atoms with Gasteiger partial charge in [-0.05, 0) is 91.3 Å². The molecule has 5 heteroatoms. The molecule has 0 aromatic carbocycles. The summed E-state index contributed by atoms with van der Waals surface area (Å²) in [7, 11) is 0. The number of esters is 2. The summed E-state index contributed by atoms with van der Waals surface area (Å²) in [6.45, 7) is 12.2. The van der Waals surface area contributed by atoms with E-state index >= 15 is 0 Å². The lowest BCUT2D eigenvalue weighted by molar-refractivity contribution is -0.155. The highest BCUT2D eigenvalue weighted by molar-refractivity contribution is 5.77. The van der Waals surface area contributed by atoms with Crippen LogP contribution in [0.25, 0.3) is 0 Å². The van der Waals surface area contributed by atoms with Gasteiger partial charge in [-0.15, -0.1) is 0 Å². The van der Waals surface area contributed by atoms with Crippen LogP contribution in [0.3, 0.4) is 0 Å². The Labute approximate surface area is 231 Å². The second kappa shape index (κ2) is 12.4. The Balaban J connectivity index is 1.34. The Morgan fingerprint density at radius 1 is 1.00 bits per heavy atom. The van der Waals surface area contributed by atoms with Gasteiger partial charge < -0.3 is 14.6 Å². The summed E-state index contributed by atoms with van der Waals surface area (Å²) >= 11 is 0. The lowest BCUT2D eigenvalue weighted by atomic mass is 9.47. The molecule has 0 aromatic rings. The number of fused-ring (bicyclic) bond motifs is 5. The van der Waals surface area contributed by atoms with Crippen LogP contribution in [-0.4, -0.2) is 36.4 Å². The van der Waals surface area contributed by atoms with Crippen LogP contribution in [0.1, 0.15) is 118 Å². The zero-order valence-electron chi connectivity index (χ0n) is 24.8. The monoisotopic (exact) mass is 530 g/mol. The van der Waals surface area contributed by atoms with Crippen molar-refractivity contribution in [1.82, 2.24) is 0 Å². The smallest absolute Gasteiger partial charge is 0.306 e. The van der Waals surface area contributed by atoms with Gasteiger partial charge in [0, 0.05) is 6.42 Å². The molecule has 0 aromatic heterocycles. The van der Waals surface area contributed by atoms with Gasteiger partial charge >= 0.3 is 11.9 Å². The van der Waals surface area contributed by atoms with Gasteiger partial charge in [-0.3, -0.25) is 9.59 Å². The quantitative estimate of drug-likeness (QED) is 0.225. The first kappa shape index (κ1) is 29.6. The van der Waals surface area contributed by atoms with Crippen LogP contribution in [0.15, 0.2) is 11.6 Å². The summed E-state index contributed by atoms with van der Waals surface area (Å²) in [6.07, 6.45) is 16.3. The predicted octanol–water partition coefficient (Wildman–Crippen LogP) is 7.26. The van der Waals surface area contributed by atoms with Gasteiger partial charge in [0.25, 0.3) is 0 Å². The number of rotatable bonds is 11. The van der Waals surface area contributed by atoms with E-state index < -0.39 is 5.97 Å². The number of aliphatic hydroxyl groups is 1. The third-order valence-corrected chi connectivity index (χ3v) is 11.4. The molecule has 216 valence electrons. The second-order valence-corrected chi connectivity index (χ2v) is 14.1. The maximum absolute atomic E-state index is 12.4. The lowest BCUT2D eigenvalue weighted by Gasteiger charge is -2.58. The maximum atomic E-state index is 12.4. The summed E-state index contributed by atoms with van der Waals surface area (Å²) in [6, 6.07) is 0. The van der Waals surface area contributed by atoms with E-state index in [1.807, 2.05) is 0 Å². The summed E-state index contributed by atoms with van der Waals surface area (Å²) < 4.78 is 10.7. The summed E-state index contributed by atoms with van der Waals surface area (Å²) in [4.78, 5) is 24.0. The Morgan fingerprint density at radius 2 is 1.76 bits per heavy atom. The highest BCUT2D eigenvalue weighted by Gasteiger charge is 2.59. The topological polar surface area (TPSA) is 72.8 Å². The first-order valence-electron chi connectivity index (χ1n) is 15.7. The van der Waals surface area contributed by atoms with Crippen molar-refractivity contribution in [3.63, 3.8) is 0 Å². The van der Waals surface area contributed by atoms with Crippen LogP contribution in [-0.2, 0) is 19.1 Å². The van der Waals surface area contributed by atoms with Gasteiger partial charge in [0.1, 0.15) is 12.7 Å². The molecule has 8 unspecified atom stereocenters. The number of carbonyl (C=O) groups excluding carboxylic acids is 2. The number of carbonyl (C=O) groups is 2. The molecular formula is C33H54O5. The Kier molecular flexibility index (Phi) is 9.69. The molecule has 4 aliphatic carbocycles. The minimum absolute atomic E-state index is 0.00716. The highest BCUT2D eigenvalue weighted by atomic mass is 16.5. The number of hydrogen-bond donors (Lipinski definition) is 1. The average Bonchev–Trinajstić information content (AvgIpc) is 3.23. The molecule has 0 radical (unpaired) electrons. The molecule has 5 nitrogen and oxygen atoms in total. The molecule has 0 amide bonds. The van der Waals surface area contributed by atoms with Crippen LogP contribution in [0.2, 0.25) is 0 Å². The maximum Gasteiger partial charge on any atom is 0.306 e. The van der Waals surface area contributed by atoms with Gasteiger partial charge in [-0.2, -0.15) is 0 Å². The van der Waals surface area contributed by atoms with Crippen molar-refractivity contribution in [2.45, 2.75) is 124 Å². The molecule has 3 saturated carbocycles. The first-order valence-corrected chi connectivity index (χ1v) is 15.7. The zero-order chi connectivity index (χ0) is 27.5. The van der Waals surface area contributed by atoms with E-state index in [1.54, 1.807) is 0 Å². The normalized spacial score (nSPS) is 37.0. The lowest BCUT2D eigenvalue weighted by Crippen LogP contribution is -2.51. The number of allylic oxidation sites excluding steroid dienone is 1. The second-order valence-electron chi connectivity index (χ2n) is 14.1. The fourth-order valence-electron chi connectivity index (χ4n) is 9.43. The first-order chi connectivity index (χ1) is 18.1. The Hall–Kier alpha value is -1.36. The van der Waals surface area contributed by atoms with Crippen molar-refractivity contribution in [2.24, 2.45) is 46.3 Å². The van der Waals surface area contributed by atoms with Crippen LogP contribution >= 0.6 is 0 Å². The largest absolute Gasteiger partial charge is 0.463 e. The minimum Gasteiger partial charge on any atom is -0.463 e. The van der Waals surface area contributed by atoms with E-state index in [9.17, 15) is 9.59 Å². The highest BCUT2D eigenvalue weighted by Crippen LogP contribution is 2.67. The van der Waals surface area contributed by atoms with Crippen LogP contribution < -0.4 is 0 Å². The molecule has 1 N–H and O–H groups in total.